The molecule has 19 heavy (non-hydrogen) atoms. The summed E-state index contributed by atoms with van der Waals surface area (Å²) in [6.45, 7) is 0.519. The Morgan fingerprint density at radius 2 is 2.21 bits per heavy atom. The smallest absolute Gasteiger partial charge is 0.256 e. The van der Waals surface area contributed by atoms with Crippen LogP contribution in [0.5, 0.6) is 0 Å². The van der Waals surface area contributed by atoms with E-state index in [2.05, 4.69) is 0 Å². The first-order valence-corrected chi connectivity index (χ1v) is 6.61. The fourth-order valence-electron chi connectivity index (χ4n) is 2.27. The van der Waals surface area contributed by atoms with Crippen LogP contribution in [0, 0.1) is 5.82 Å². The zero-order chi connectivity index (χ0) is 13.8. The van der Waals surface area contributed by atoms with Crippen molar-refractivity contribution >= 4 is 11.6 Å². The van der Waals surface area contributed by atoms with Gasteiger partial charge < -0.3 is 15.7 Å². The topological polar surface area (TPSA) is 66.6 Å². The highest BCUT2D eigenvalue weighted by Crippen LogP contribution is 2.28. The van der Waals surface area contributed by atoms with Gasteiger partial charge in [-0.1, -0.05) is 6.07 Å². The molecule has 0 aromatic heterocycles. The Labute approximate surface area is 112 Å². The molecule has 1 aliphatic carbocycles. The summed E-state index contributed by atoms with van der Waals surface area (Å²) in [5.74, 6) is -0.809. The summed E-state index contributed by atoms with van der Waals surface area (Å²) in [6.07, 6.45) is 3.56. The molecule has 104 valence electrons. The van der Waals surface area contributed by atoms with Gasteiger partial charge in [0.25, 0.3) is 5.91 Å². The first-order chi connectivity index (χ1) is 9.15. The number of nitrogens with zero attached hydrogens (tertiary/aromatic N) is 1. The van der Waals surface area contributed by atoms with Gasteiger partial charge in [0, 0.05) is 19.2 Å². The fourth-order valence-corrected chi connectivity index (χ4v) is 2.27. The van der Waals surface area contributed by atoms with Crippen molar-refractivity contribution in [1.82, 2.24) is 4.90 Å². The maximum atomic E-state index is 13.4. The molecule has 3 N–H and O–H groups in total. The average molecular weight is 266 g/mol. The van der Waals surface area contributed by atoms with Crippen LogP contribution in [0.4, 0.5) is 10.1 Å². The van der Waals surface area contributed by atoms with Crippen molar-refractivity contribution in [3.8, 4) is 0 Å². The van der Waals surface area contributed by atoms with Crippen LogP contribution in [0.15, 0.2) is 18.2 Å². The molecule has 1 saturated carbocycles. The largest absolute Gasteiger partial charge is 0.396 e. The highest BCUT2D eigenvalue weighted by atomic mass is 19.1. The Morgan fingerprint density at radius 1 is 1.47 bits per heavy atom. The van der Waals surface area contributed by atoms with E-state index in [1.165, 1.54) is 12.1 Å². The normalized spacial score (nSPS) is 15.1. The van der Waals surface area contributed by atoms with Crippen LogP contribution in [0.3, 0.4) is 0 Å². The summed E-state index contributed by atoms with van der Waals surface area (Å²) >= 11 is 0. The van der Waals surface area contributed by atoms with Crippen molar-refractivity contribution in [1.29, 1.82) is 0 Å². The van der Waals surface area contributed by atoms with Crippen molar-refractivity contribution in [3.63, 3.8) is 0 Å². The van der Waals surface area contributed by atoms with Gasteiger partial charge in [0.15, 0.2) is 0 Å². The monoisotopic (exact) mass is 266 g/mol. The van der Waals surface area contributed by atoms with Gasteiger partial charge >= 0.3 is 0 Å². The Hall–Kier alpha value is -1.62. The second kappa shape index (κ2) is 6.02. The number of hydrogen-bond acceptors (Lipinski definition) is 3. The maximum Gasteiger partial charge on any atom is 0.256 e. The number of rotatable bonds is 5. The SMILES string of the molecule is Nc1c(F)cccc1C(=O)N(CCCO)C1CCC1. The molecule has 1 aliphatic rings. The quantitative estimate of drug-likeness (QED) is 0.798. The first kappa shape index (κ1) is 13.8. The zero-order valence-electron chi connectivity index (χ0n) is 10.8. The van der Waals surface area contributed by atoms with Crippen LogP contribution in [-0.4, -0.2) is 35.1 Å². The fraction of sp³-hybridized carbons (Fsp3) is 0.500. The van der Waals surface area contributed by atoms with E-state index in [-0.39, 0.29) is 29.8 Å². The number of carbonyl (C=O) groups excluding carboxylic acids is 1. The van der Waals surface area contributed by atoms with E-state index in [0.29, 0.717) is 13.0 Å². The molecule has 5 heteroatoms. The van der Waals surface area contributed by atoms with E-state index >= 15 is 0 Å². The summed E-state index contributed by atoms with van der Waals surface area (Å²) in [6, 6.07) is 4.48. The molecule has 0 bridgehead atoms. The van der Waals surface area contributed by atoms with E-state index in [0.717, 1.165) is 19.3 Å². The Kier molecular flexibility index (Phi) is 4.37. The van der Waals surface area contributed by atoms with Crippen molar-refractivity contribution in [2.45, 2.75) is 31.7 Å². The lowest BCUT2D eigenvalue weighted by molar-refractivity contribution is 0.0563. The third-order valence-corrected chi connectivity index (χ3v) is 3.62. The zero-order valence-corrected chi connectivity index (χ0v) is 10.8. The minimum atomic E-state index is -0.568. The Bertz CT molecular complexity index is 461. The number of hydrogen-bond donors (Lipinski definition) is 2. The number of nitrogens with two attached hydrogens (primary N) is 1. The molecule has 0 heterocycles. The predicted octanol–water partition coefficient (Wildman–Crippen LogP) is 1.78. The standard InChI is InChI=1S/C14H19FN2O2/c15-12-7-2-6-11(13(12)16)14(19)17(8-3-9-18)10-4-1-5-10/h2,6-7,10,18H,1,3-5,8-9,16H2. The van der Waals surface area contributed by atoms with E-state index < -0.39 is 5.82 Å². The maximum absolute atomic E-state index is 13.4. The number of aliphatic hydroxyl groups excluding tert-OH is 1. The third-order valence-electron chi connectivity index (χ3n) is 3.62. The molecule has 1 aromatic rings. The third kappa shape index (κ3) is 2.87. The molecule has 4 nitrogen and oxygen atoms in total. The minimum absolute atomic E-state index is 0.0368. The van der Waals surface area contributed by atoms with Crippen LogP contribution in [-0.2, 0) is 0 Å². The lowest BCUT2D eigenvalue weighted by Crippen LogP contribution is -2.45. The van der Waals surface area contributed by atoms with Crippen molar-refractivity contribution in [3.05, 3.63) is 29.6 Å². The van der Waals surface area contributed by atoms with E-state index in [1.54, 1.807) is 11.0 Å². The molecule has 0 aliphatic heterocycles. The van der Waals surface area contributed by atoms with E-state index in [4.69, 9.17) is 10.8 Å². The van der Waals surface area contributed by atoms with Gasteiger partial charge in [-0.05, 0) is 37.8 Å². The van der Waals surface area contributed by atoms with Crippen LogP contribution >= 0.6 is 0 Å². The number of amides is 1. The number of aliphatic hydroxyl groups is 1. The Balaban J connectivity index is 2.20. The van der Waals surface area contributed by atoms with Crippen LogP contribution in [0.25, 0.3) is 0 Å². The lowest BCUT2D eigenvalue weighted by Gasteiger charge is -2.37. The second-order valence-electron chi connectivity index (χ2n) is 4.86. The second-order valence-corrected chi connectivity index (χ2v) is 4.86. The molecule has 1 amide bonds. The summed E-state index contributed by atoms with van der Waals surface area (Å²) < 4.78 is 13.4. The van der Waals surface area contributed by atoms with E-state index in [1.807, 2.05) is 0 Å². The van der Waals surface area contributed by atoms with E-state index in [9.17, 15) is 9.18 Å². The molecule has 1 fully saturated rings. The number of carbonyl (C=O) groups is 1. The highest BCUT2D eigenvalue weighted by Gasteiger charge is 2.30. The van der Waals surface area contributed by atoms with Crippen LogP contribution in [0.1, 0.15) is 36.0 Å². The van der Waals surface area contributed by atoms with Crippen molar-refractivity contribution in [2.75, 3.05) is 18.9 Å². The predicted molar refractivity (Wildman–Crippen MR) is 71.2 cm³/mol. The molecule has 0 saturated heterocycles. The summed E-state index contributed by atoms with van der Waals surface area (Å²) in [4.78, 5) is 14.2. The van der Waals surface area contributed by atoms with Crippen molar-refractivity contribution < 1.29 is 14.3 Å². The van der Waals surface area contributed by atoms with Gasteiger partial charge in [0.2, 0.25) is 0 Å². The van der Waals surface area contributed by atoms with Crippen molar-refractivity contribution in [2.24, 2.45) is 0 Å². The molecule has 0 radical (unpaired) electrons. The number of nitrogen functional groups attached to an aromatic ring is 1. The molecule has 2 rings (SSSR count). The molecule has 0 spiro atoms. The first-order valence-electron chi connectivity index (χ1n) is 6.61. The molecule has 0 atom stereocenters. The van der Waals surface area contributed by atoms with Gasteiger partial charge in [-0.2, -0.15) is 0 Å². The number of halogens is 1. The average Bonchev–Trinajstić information content (AvgIpc) is 2.34. The van der Waals surface area contributed by atoms with Gasteiger partial charge in [-0.3, -0.25) is 4.79 Å². The number of para-hydroxylation sites is 1. The summed E-state index contributed by atoms with van der Waals surface area (Å²) in [7, 11) is 0. The molecule has 0 unspecified atom stereocenters. The van der Waals surface area contributed by atoms with Gasteiger partial charge in [0.05, 0.1) is 11.3 Å². The molecule has 1 aromatic carbocycles. The highest BCUT2D eigenvalue weighted by molar-refractivity contribution is 5.99. The minimum Gasteiger partial charge on any atom is -0.396 e. The molecular formula is C14H19FN2O2. The Morgan fingerprint density at radius 3 is 2.79 bits per heavy atom. The summed E-state index contributed by atoms with van der Waals surface area (Å²) in [5.41, 5.74) is 5.75. The number of benzene rings is 1. The summed E-state index contributed by atoms with van der Waals surface area (Å²) in [5, 5.41) is 8.92. The van der Waals surface area contributed by atoms with Gasteiger partial charge in [-0.25, -0.2) is 4.39 Å². The van der Waals surface area contributed by atoms with Gasteiger partial charge in [0.1, 0.15) is 5.82 Å². The van der Waals surface area contributed by atoms with Crippen LogP contribution < -0.4 is 5.73 Å². The van der Waals surface area contributed by atoms with Crippen LogP contribution in [0.2, 0.25) is 0 Å². The number of anilines is 1. The lowest BCUT2D eigenvalue weighted by atomic mass is 9.90. The van der Waals surface area contributed by atoms with Gasteiger partial charge in [-0.15, -0.1) is 0 Å². The molecular weight excluding hydrogens is 247 g/mol.